The van der Waals surface area contributed by atoms with E-state index >= 15 is 0 Å². The number of carbonyl (C=O) groups is 2. The normalized spacial score (nSPS) is 18.4. The van der Waals surface area contributed by atoms with Crippen LogP contribution >= 0.6 is 11.3 Å². The Morgan fingerprint density at radius 2 is 1.71 bits per heavy atom. The summed E-state index contributed by atoms with van der Waals surface area (Å²) in [6, 6.07) is 14.0. The van der Waals surface area contributed by atoms with Crippen LogP contribution in [0, 0.1) is 5.92 Å². The van der Waals surface area contributed by atoms with Gasteiger partial charge in [-0.1, -0.05) is 48.6 Å². The van der Waals surface area contributed by atoms with Crippen molar-refractivity contribution in [1.82, 2.24) is 14.7 Å². The number of piperazine rings is 1. The van der Waals surface area contributed by atoms with Gasteiger partial charge in [0.15, 0.2) is 0 Å². The van der Waals surface area contributed by atoms with Gasteiger partial charge in [0.05, 0.1) is 10.8 Å². The monoisotopic (exact) mass is 395 g/mol. The predicted molar refractivity (Wildman–Crippen MR) is 112 cm³/mol. The largest absolute Gasteiger partial charge is 0.340 e. The second-order valence-corrected chi connectivity index (χ2v) is 8.27. The minimum Gasteiger partial charge on any atom is -0.340 e. The van der Waals surface area contributed by atoms with E-state index in [1.165, 1.54) is 16.9 Å². The van der Waals surface area contributed by atoms with E-state index in [1.807, 2.05) is 40.6 Å². The van der Waals surface area contributed by atoms with Gasteiger partial charge in [0.2, 0.25) is 5.91 Å². The lowest BCUT2D eigenvalue weighted by atomic mass is 9.97. The van der Waals surface area contributed by atoms with Crippen LogP contribution in [0.5, 0.6) is 0 Å². The summed E-state index contributed by atoms with van der Waals surface area (Å²) in [5.41, 5.74) is 1.21. The van der Waals surface area contributed by atoms with Gasteiger partial charge >= 0.3 is 0 Å². The van der Waals surface area contributed by atoms with Crippen LogP contribution in [0.4, 0.5) is 0 Å². The smallest absolute Gasteiger partial charge is 0.263 e. The molecule has 28 heavy (non-hydrogen) atoms. The van der Waals surface area contributed by atoms with Gasteiger partial charge in [0, 0.05) is 45.8 Å². The number of likely N-dealkylation sites (tertiary alicyclic amines) is 1. The molecule has 1 aromatic carbocycles. The van der Waals surface area contributed by atoms with Crippen LogP contribution in [0.1, 0.15) is 15.2 Å². The van der Waals surface area contributed by atoms with E-state index in [9.17, 15) is 9.59 Å². The zero-order valence-electron chi connectivity index (χ0n) is 15.9. The number of hydrogen-bond acceptors (Lipinski definition) is 4. The van der Waals surface area contributed by atoms with Crippen LogP contribution in [-0.2, 0) is 4.79 Å². The van der Waals surface area contributed by atoms with E-state index in [0.29, 0.717) is 13.1 Å². The van der Waals surface area contributed by atoms with Crippen LogP contribution in [0.2, 0.25) is 0 Å². The fourth-order valence-electron chi connectivity index (χ4n) is 3.67. The quantitative estimate of drug-likeness (QED) is 0.782. The predicted octanol–water partition coefficient (Wildman–Crippen LogP) is 2.68. The van der Waals surface area contributed by atoms with E-state index in [2.05, 4.69) is 29.2 Å². The van der Waals surface area contributed by atoms with Crippen LogP contribution < -0.4 is 0 Å². The first-order valence-corrected chi connectivity index (χ1v) is 10.6. The third-order valence-corrected chi connectivity index (χ3v) is 6.27. The van der Waals surface area contributed by atoms with Crippen molar-refractivity contribution in [3.05, 3.63) is 64.4 Å². The number of nitrogens with zero attached hydrogens (tertiary/aromatic N) is 3. The first kappa shape index (κ1) is 18.9. The molecule has 2 amide bonds. The first-order chi connectivity index (χ1) is 13.7. The molecule has 2 aromatic rings. The summed E-state index contributed by atoms with van der Waals surface area (Å²) >= 11 is 1.45. The molecule has 0 unspecified atom stereocenters. The second kappa shape index (κ2) is 8.71. The number of hydrogen-bond donors (Lipinski definition) is 0. The molecular formula is C22H25N3O2S. The van der Waals surface area contributed by atoms with Crippen molar-refractivity contribution < 1.29 is 9.59 Å². The number of thiophene rings is 1. The van der Waals surface area contributed by atoms with Crippen molar-refractivity contribution in [2.45, 2.75) is 0 Å². The molecule has 0 spiro atoms. The molecule has 0 saturated carbocycles. The molecule has 0 aliphatic carbocycles. The topological polar surface area (TPSA) is 43.9 Å². The van der Waals surface area contributed by atoms with Gasteiger partial charge < -0.3 is 9.80 Å². The molecule has 0 bridgehead atoms. The molecule has 2 aliphatic heterocycles. The summed E-state index contributed by atoms with van der Waals surface area (Å²) in [6.45, 7) is 5.35. The van der Waals surface area contributed by atoms with Crippen LogP contribution in [0.25, 0.3) is 6.08 Å². The molecular weight excluding hydrogens is 370 g/mol. The number of carbonyl (C=O) groups excluding carboxylic acids is 2. The molecule has 5 nitrogen and oxygen atoms in total. The van der Waals surface area contributed by atoms with Crippen molar-refractivity contribution in [3.63, 3.8) is 0 Å². The van der Waals surface area contributed by atoms with Gasteiger partial charge in [-0.2, -0.15) is 0 Å². The molecule has 0 radical (unpaired) electrons. The SMILES string of the molecule is O=C(c1cccs1)N1CC(C(=O)N2CCN(C/C=C/c3ccccc3)CC2)C1. The van der Waals surface area contributed by atoms with Crippen LogP contribution in [0.3, 0.4) is 0 Å². The lowest BCUT2D eigenvalue weighted by Gasteiger charge is -2.42. The summed E-state index contributed by atoms with van der Waals surface area (Å²) in [4.78, 5) is 31.8. The first-order valence-electron chi connectivity index (χ1n) is 9.76. The van der Waals surface area contributed by atoms with Crippen molar-refractivity contribution in [1.29, 1.82) is 0 Å². The average molecular weight is 396 g/mol. The highest BCUT2D eigenvalue weighted by atomic mass is 32.1. The minimum atomic E-state index is -0.0339. The molecule has 3 heterocycles. The Labute approximate surface area is 169 Å². The molecule has 2 saturated heterocycles. The highest BCUT2D eigenvalue weighted by Gasteiger charge is 2.38. The Morgan fingerprint density at radius 3 is 2.39 bits per heavy atom. The maximum absolute atomic E-state index is 12.7. The third kappa shape index (κ3) is 4.34. The van der Waals surface area contributed by atoms with Crippen molar-refractivity contribution in [2.24, 2.45) is 5.92 Å². The van der Waals surface area contributed by atoms with E-state index in [1.54, 1.807) is 4.90 Å². The minimum absolute atomic E-state index is 0.0339. The fraction of sp³-hybridized carbons (Fsp3) is 0.364. The average Bonchev–Trinajstić information content (AvgIpc) is 3.23. The van der Waals surface area contributed by atoms with Crippen LogP contribution in [-0.4, -0.2) is 72.3 Å². The molecule has 146 valence electrons. The van der Waals surface area contributed by atoms with Crippen molar-refractivity contribution >= 4 is 29.2 Å². The summed E-state index contributed by atoms with van der Waals surface area (Å²) < 4.78 is 0. The summed E-state index contributed by atoms with van der Waals surface area (Å²) in [6.07, 6.45) is 4.33. The van der Waals surface area contributed by atoms with Gasteiger partial charge in [0.1, 0.15) is 0 Å². The van der Waals surface area contributed by atoms with E-state index in [4.69, 9.17) is 0 Å². The van der Waals surface area contributed by atoms with Gasteiger partial charge in [0.25, 0.3) is 5.91 Å². The lowest BCUT2D eigenvalue weighted by molar-refractivity contribution is -0.141. The van der Waals surface area contributed by atoms with Crippen molar-refractivity contribution in [2.75, 3.05) is 45.8 Å². The van der Waals surface area contributed by atoms with Crippen LogP contribution in [0.15, 0.2) is 53.9 Å². The molecule has 1 aromatic heterocycles. The Hall–Kier alpha value is -2.44. The summed E-state index contributed by atoms with van der Waals surface area (Å²) in [5.74, 6) is 0.220. The van der Waals surface area contributed by atoms with E-state index in [0.717, 1.165) is 37.6 Å². The highest BCUT2D eigenvalue weighted by Crippen LogP contribution is 2.23. The Morgan fingerprint density at radius 1 is 0.964 bits per heavy atom. The molecule has 2 aliphatic rings. The fourth-order valence-corrected chi connectivity index (χ4v) is 4.36. The molecule has 0 N–H and O–H groups in total. The van der Waals surface area contributed by atoms with E-state index in [-0.39, 0.29) is 17.7 Å². The van der Waals surface area contributed by atoms with Gasteiger partial charge in [-0.3, -0.25) is 14.5 Å². The maximum Gasteiger partial charge on any atom is 0.263 e. The molecule has 2 fully saturated rings. The number of benzene rings is 1. The Bertz CT molecular complexity index is 821. The van der Waals surface area contributed by atoms with Gasteiger partial charge in [-0.05, 0) is 17.0 Å². The summed E-state index contributed by atoms with van der Waals surface area (Å²) in [7, 11) is 0. The Balaban J connectivity index is 1.19. The van der Waals surface area contributed by atoms with Gasteiger partial charge in [-0.15, -0.1) is 11.3 Å². The zero-order valence-corrected chi connectivity index (χ0v) is 16.7. The van der Waals surface area contributed by atoms with Crippen molar-refractivity contribution in [3.8, 4) is 0 Å². The highest BCUT2D eigenvalue weighted by molar-refractivity contribution is 7.12. The number of amides is 2. The second-order valence-electron chi connectivity index (χ2n) is 7.32. The standard InChI is InChI=1S/C22H25N3O2S/c26-21(19-16-25(17-19)22(27)20-9-5-15-28-20)24-13-11-23(12-14-24)10-4-8-18-6-2-1-3-7-18/h1-9,15,19H,10-14,16-17H2/b8-4+. The molecule has 0 atom stereocenters. The maximum atomic E-state index is 12.7. The third-order valence-electron chi connectivity index (χ3n) is 5.41. The zero-order chi connectivity index (χ0) is 19.3. The Kier molecular flexibility index (Phi) is 5.88. The molecule has 4 rings (SSSR count). The van der Waals surface area contributed by atoms with Gasteiger partial charge in [-0.25, -0.2) is 0 Å². The lowest BCUT2D eigenvalue weighted by Crippen LogP contribution is -2.59. The summed E-state index contributed by atoms with van der Waals surface area (Å²) in [5, 5.41) is 1.91. The number of rotatable bonds is 5. The van der Waals surface area contributed by atoms with E-state index < -0.39 is 0 Å². The molecule has 6 heteroatoms.